The summed E-state index contributed by atoms with van der Waals surface area (Å²) in [7, 11) is 0. The largest absolute Gasteiger partial charge is 0.466 e. The first-order valence-corrected chi connectivity index (χ1v) is 8.84. The zero-order valence-corrected chi connectivity index (χ0v) is 14.2. The molecular weight excluding hydrogens is 304 g/mol. The summed E-state index contributed by atoms with van der Waals surface area (Å²) < 4.78 is 5.31. The zero-order valence-electron chi connectivity index (χ0n) is 14.2. The van der Waals surface area contributed by atoms with Gasteiger partial charge in [0.1, 0.15) is 5.66 Å². The molecule has 4 aliphatic rings. The molecule has 3 saturated carbocycles. The molecule has 0 radical (unpaired) electrons. The van der Waals surface area contributed by atoms with Gasteiger partial charge in [-0.25, -0.2) is 0 Å². The van der Waals surface area contributed by atoms with Crippen molar-refractivity contribution in [3.8, 4) is 0 Å². The zero-order chi connectivity index (χ0) is 16.9. The van der Waals surface area contributed by atoms with Gasteiger partial charge in [0.15, 0.2) is 0 Å². The van der Waals surface area contributed by atoms with Gasteiger partial charge in [-0.05, 0) is 50.2 Å². The highest BCUT2D eigenvalue weighted by atomic mass is 16.5. The SMILES string of the molecule is CCOC(=O)[C@H]1C[C@@H]2CC[C@]1(C)C[C@]21NC(=O)c2ccccc2N1. The Hall–Kier alpha value is -2.04. The molecule has 5 nitrogen and oxygen atoms in total. The first kappa shape index (κ1) is 15.5. The number of hydrogen-bond donors (Lipinski definition) is 2. The lowest BCUT2D eigenvalue weighted by atomic mass is 9.51. The van der Waals surface area contributed by atoms with Crippen LogP contribution in [0.3, 0.4) is 0 Å². The Morgan fingerprint density at radius 1 is 1.33 bits per heavy atom. The molecule has 0 aromatic heterocycles. The molecule has 3 aliphatic carbocycles. The summed E-state index contributed by atoms with van der Waals surface area (Å²) in [6.07, 6.45) is 3.54. The third-order valence-electron chi connectivity index (χ3n) is 6.24. The number of carbonyl (C=O) groups excluding carboxylic acids is 2. The van der Waals surface area contributed by atoms with Crippen molar-refractivity contribution in [2.45, 2.75) is 45.2 Å². The minimum atomic E-state index is -0.443. The van der Waals surface area contributed by atoms with Crippen LogP contribution in [0.2, 0.25) is 0 Å². The molecule has 1 amide bonds. The molecule has 3 fully saturated rings. The molecule has 0 unspecified atom stereocenters. The third kappa shape index (κ3) is 2.14. The van der Waals surface area contributed by atoms with Crippen molar-refractivity contribution >= 4 is 17.6 Å². The van der Waals surface area contributed by atoms with Gasteiger partial charge in [0.25, 0.3) is 5.91 Å². The van der Waals surface area contributed by atoms with E-state index in [-0.39, 0.29) is 29.1 Å². The monoisotopic (exact) mass is 328 g/mol. The van der Waals surface area contributed by atoms with Crippen molar-refractivity contribution in [3.63, 3.8) is 0 Å². The van der Waals surface area contributed by atoms with E-state index in [1.54, 1.807) is 0 Å². The standard InChI is InChI=1S/C19H24N2O3/c1-3-24-17(23)14-10-12-8-9-18(14,2)11-19(12)20-15-7-5-4-6-13(15)16(22)21-19/h4-7,12,14,20H,3,8-11H2,1-2H3,(H,21,22)/t12-,14+,18+,19-/m0/s1. The number of carbonyl (C=O) groups is 2. The van der Waals surface area contributed by atoms with Crippen LogP contribution in [0.1, 0.15) is 49.9 Å². The van der Waals surface area contributed by atoms with Gasteiger partial charge in [0.2, 0.25) is 0 Å². The number of anilines is 1. The molecule has 1 spiro atoms. The van der Waals surface area contributed by atoms with Crippen LogP contribution in [0.5, 0.6) is 0 Å². The number of benzene rings is 1. The maximum Gasteiger partial charge on any atom is 0.309 e. The van der Waals surface area contributed by atoms with Crippen LogP contribution in [-0.2, 0) is 9.53 Å². The normalized spacial score (nSPS) is 36.7. The number of esters is 1. The van der Waals surface area contributed by atoms with Gasteiger partial charge in [-0.3, -0.25) is 9.59 Å². The van der Waals surface area contributed by atoms with Crippen LogP contribution in [0.4, 0.5) is 5.69 Å². The highest BCUT2D eigenvalue weighted by molar-refractivity contribution is 6.02. The lowest BCUT2D eigenvalue weighted by Gasteiger charge is -2.60. The fourth-order valence-electron chi connectivity index (χ4n) is 5.05. The number of rotatable bonds is 2. The first-order valence-electron chi connectivity index (χ1n) is 8.84. The number of amides is 1. The van der Waals surface area contributed by atoms with Crippen LogP contribution < -0.4 is 10.6 Å². The first-order chi connectivity index (χ1) is 11.5. The van der Waals surface area contributed by atoms with E-state index in [1.165, 1.54) is 0 Å². The van der Waals surface area contributed by atoms with Gasteiger partial charge < -0.3 is 15.4 Å². The Kier molecular flexibility index (Phi) is 3.37. The third-order valence-corrected chi connectivity index (χ3v) is 6.24. The second kappa shape index (κ2) is 5.23. The maximum absolute atomic E-state index is 12.6. The van der Waals surface area contributed by atoms with E-state index >= 15 is 0 Å². The topological polar surface area (TPSA) is 67.4 Å². The molecule has 1 heterocycles. The summed E-state index contributed by atoms with van der Waals surface area (Å²) in [5.74, 6) is 0.0685. The predicted octanol–water partition coefficient (Wildman–Crippen LogP) is 2.93. The van der Waals surface area contributed by atoms with Crippen molar-refractivity contribution in [1.29, 1.82) is 0 Å². The molecule has 24 heavy (non-hydrogen) atoms. The Labute approximate surface area is 142 Å². The summed E-state index contributed by atoms with van der Waals surface area (Å²) in [4.78, 5) is 25.0. The number of fused-ring (bicyclic) bond motifs is 3. The average molecular weight is 328 g/mol. The predicted molar refractivity (Wildman–Crippen MR) is 90.4 cm³/mol. The molecular formula is C19H24N2O3. The Balaban J connectivity index is 1.66. The molecule has 4 atom stereocenters. The van der Waals surface area contributed by atoms with Gasteiger partial charge in [-0.2, -0.15) is 0 Å². The fourth-order valence-corrected chi connectivity index (χ4v) is 5.05. The second-order valence-electron chi connectivity index (χ2n) is 7.70. The molecule has 5 heteroatoms. The molecule has 5 rings (SSSR count). The van der Waals surface area contributed by atoms with Gasteiger partial charge >= 0.3 is 5.97 Å². The number of nitrogens with one attached hydrogen (secondary N) is 2. The fraction of sp³-hybridized carbons (Fsp3) is 0.579. The number of hydrogen-bond acceptors (Lipinski definition) is 4. The summed E-state index contributed by atoms with van der Waals surface area (Å²) in [5, 5.41) is 6.84. The van der Waals surface area contributed by atoms with Crippen LogP contribution in [0, 0.1) is 17.3 Å². The summed E-state index contributed by atoms with van der Waals surface area (Å²) in [5.41, 5.74) is 0.997. The van der Waals surface area contributed by atoms with Crippen molar-refractivity contribution in [2.24, 2.45) is 17.3 Å². The van der Waals surface area contributed by atoms with Crippen LogP contribution in [0.25, 0.3) is 0 Å². The molecule has 128 valence electrons. The smallest absolute Gasteiger partial charge is 0.309 e. The Morgan fingerprint density at radius 2 is 2.12 bits per heavy atom. The van der Waals surface area contributed by atoms with Crippen molar-refractivity contribution in [3.05, 3.63) is 29.8 Å². The molecule has 1 aromatic rings. The van der Waals surface area contributed by atoms with Gasteiger partial charge in [0.05, 0.1) is 18.1 Å². The van der Waals surface area contributed by atoms with E-state index < -0.39 is 5.66 Å². The van der Waals surface area contributed by atoms with Gasteiger partial charge in [-0.1, -0.05) is 19.1 Å². The average Bonchev–Trinajstić information content (AvgIpc) is 2.54. The van der Waals surface area contributed by atoms with Gasteiger partial charge in [-0.15, -0.1) is 0 Å². The lowest BCUT2D eigenvalue weighted by molar-refractivity contribution is -0.163. The van der Waals surface area contributed by atoms with E-state index in [0.717, 1.165) is 31.4 Å². The number of para-hydroxylation sites is 1. The van der Waals surface area contributed by atoms with Crippen molar-refractivity contribution < 1.29 is 14.3 Å². The quantitative estimate of drug-likeness (QED) is 0.819. The van der Waals surface area contributed by atoms with Crippen LogP contribution in [0.15, 0.2) is 24.3 Å². The van der Waals surface area contributed by atoms with Gasteiger partial charge in [0, 0.05) is 11.6 Å². The number of ether oxygens (including phenoxy) is 1. The van der Waals surface area contributed by atoms with Crippen molar-refractivity contribution in [1.82, 2.24) is 5.32 Å². The van der Waals surface area contributed by atoms with E-state index in [9.17, 15) is 9.59 Å². The summed E-state index contributed by atoms with van der Waals surface area (Å²) >= 11 is 0. The minimum absolute atomic E-state index is 0.0202. The maximum atomic E-state index is 12.6. The lowest BCUT2D eigenvalue weighted by Crippen LogP contribution is -2.69. The van der Waals surface area contributed by atoms with E-state index in [2.05, 4.69) is 17.6 Å². The second-order valence-corrected chi connectivity index (χ2v) is 7.70. The Bertz CT molecular complexity index is 704. The van der Waals surface area contributed by atoms with Crippen LogP contribution in [-0.4, -0.2) is 24.1 Å². The molecule has 2 N–H and O–H groups in total. The molecule has 1 aromatic carbocycles. The van der Waals surface area contributed by atoms with Crippen molar-refractivity contribution in [2.75, 3.05) is 11.9 Å². The van der Waals surface area contributed by atoms with Crippen LogP contribution >= 0.6 is 0 Å². The van der Waals surface area contributed by atoms with E-state index in [0.29, 0.717) is 12.2 Å². The molecule has 1 aliphatic heterocycles. The summed E-state index contributed by atoms with van der Waals surface area (Å²) in [6.45, 7) is 4.44. The summed E-state index contributed by atoms with van der Waals surface area (Å²) in [6, 6.07) is 7.63. The highest BCUT2D eigenvalue weighted by Gasteiger charge is 2.60. The Morgan fingerprint density at radius 3 is 2.88 bits per heavy atom. The van der Waals surface area contributed by atoms with E-state index in [4.69, 9.17) is 4.74 Å². The molecule has 0 saturated heterocycles. The molecule has 2 bridgehead atoms. The minimum Gasteiger partial charge on any atom is -0.466 e. The highest BCUT2D eigenvalue weighted by Crippen LogP contribution is 2.58. The van der Waals surface area contributed by atoms with E-state index in [1.807, 2.05) is 31.2 Å².